The van der Waals surface area contributed by atoms with Gasteiger partial charge in [0.1, 0.15) is 5.70 Å². The predicted octanol–water partition coefficient (Wildman–Crippen LogP) is 7.30. The van der Waals surface area contributed by atoms with Gasteiger partial charge in [-0.05, 0) is 77.7 Å². The van der Waals surface area contributed by atoms with Crippen LogP contribution in [0.5, 0.6) is 0 Å². The molecule has 0 radical (unpaired) electrons. The third-order valence-electron chi connectivity index (χ3n) is 6.41. The van der Waals surface area contributed by atoms with E-state index in [2.05, 4.69) is 29.8 Å². The van der Waals surface area contributed by atoms with Gasteiger partial charge in [0, 0.05) is 21.8 Å². The van der Waals surface area contributed by atoms with Crippen LogP contribution in [0.3, 0.4) is 0 Å². The van der Waals surface area contributed by atoms with Crippen molar-refractivity contribution in [3.8, 4) is 0 Å². The molecule has 3 amide bonds. The number of nitrogens with one attached hydrogen (secondary N) is 3. The molecule has 0 fully saturated rings. The van der Waals surface area contributed by atoms with Crippen molar-refractivity contribution in [1.29, 1.82) is 0 Å². The summed E-state index contributed by atoms with van der Waals surface area (Å²) < 4.78 is 0. The summed E-state index contributed by atoms with van der Waals surface area (Å²) in [5.74, 6) is -1.98. The van der Waals surface area contributed by atoms with Gasteiger partial charge in [0.15, 0.2) is 0 Å². The highest BCUT2D eigenvalue weighted by Crippen LogP contribution is 2.23. The van der Waals surface area contributed by atoms with Gasteiger partial charge in [0.25, 0.3) is 11.8 Å². The van der Waals surface area contributed by atoms with Gasteiger partial charge in [-0.2, -0.15) is 0 Å². The third kappa shape index (κ3) is 9.07. The minimum Gasteiger partial charge on any atom is -0.478 e. The van der Waals surface area contributed by atoms with Crippen LogP contribution in [-0.2, 0) is 9.59 Å². The zero-order valence-corrected chi connectivity index (χ0v) is 25.5. The Balaban J connectivity index is 1.41. The number of carbonyl (C=O) groups is 4. The molecule has 8 nitrogen and oxygen atoms in total. The van der Waals surface area contributed by atoms with Gasteiger partial charge in [0.2, 0.25) is 5.91 Å². The lowest BCUT2D eigenvalue weighted by atomic mass is 10.0. The standard InChI is InChI=1S/C34H30ClN3O5S/c1-21(2)23-10-8-22(9-11-23)18-30(38-32(40)24-6-4-3-5-7-24)33(41)37-25-12-15-27(16-13-25)44-20-31(39)36-26-14-17-29(35)28(19-26)34(42)43/h3-19,21H,20H2,1-2H3,(H,36,39)(H,37,41)(H,38,40)(H,42,43)/b30-18-. The molecule has 0 aliphatic carbocycles. The molecule has 4 aromatic rings. The van der Waals surface area contributed by atoms with Crippen molar-refractivity contribution in [2.45, 2.75) is 24.7 Å². The van der Waals surface area contributed by atoms with Crippen molar-refractivity contribution < 1.29 is 24.3 Å². The van der Waals surface area contributed by atoms with Crippen LogP contribution in [0.1, 0.15) is 51.6 Å². The van der Waals surface area contributed by atoms with E-state index in [1.807, 2.05) is 24.3 Å². The Labute approximate surface area is 264 Å². The first-order chi connectivity index (χ1) is 21.1. The van der Waals surface area contributed by atoms with E-state index >= 15 is 0 Å². The Kier molecular flexibility index (Phi) is 11.0. The van der Waals surface area contributed by atoms with Crippen molar-refractivity contribution in [3.63, 3.8) is 0 Å². The zero-order valence-electron chi connectivity index (χ0n) is 24.0. The Bertz CT molecular complexity index is 1690. The highest BCUT2D eigenvalue weighted by Gasteiger charge is 2.16. The molecule has 0 unspecified atom stereocenters. The van der Waals surface area contributed by atoms with Gasteiger partial charge in [-0.15, -0.1) is 11.8 Å². The van der Waals surface area contributed by atoms with Gasteiger partial charge < -0.3 is 21.1 Å². The van der Waals surface area contributed by atoms with Crippen molar-refractivity contribution in [2.75, 3.05) is 16.4 Å². The van der Waals surface area contributed by atoms with Gasteiger partial charge in [-0.3, -0.25) is 14.4 Å². The molecule has 0 spiro atoms. The normalized spacial score (nSPS) is 11.1. The fraction of sp³-hybridized carbons (Fsp3) is 0.118. The van der Waals surface area contributed by atoms with Crippen molar-refractivity contribution in [3.05, 3.63) is 130 Å². The predicted molar refractivity (Wildman–Crippen MR) is 175 cm³/mol. The molecule has 0 aliphatic rings. The molecule has 44 heavy (non-hydrogen) atoms. The van der Waals surface area contributed by atoms with Crippen LogP contribution in [0.2, 0.25) is 5.02 Å². The summed E-state index contributed by atoms with van der Waals surface area (Å²) in [5, 5.41) is 17.5. The summed E-state index contributed by atoms with van der Waals surface area (Å²) in [4.78, 5) is 50.7. The molecule has 10 heteroatoms. The maximum Gasteiger partial charge on any atom is 0.337 e. The zero-order chi connectivity index (χ0) is 31.6. The Morgan fingerprint density at radius 2 is 1.50 bits per heavy atom. The Morgan fingerprint density at radius 3 is 2.14 bits per heavy atom. The number of benzene rings is 4. The summed E-state index contributed by atoms with van der Waals surface area (Å²) in [6.07, 6.45) is 1.63. The maximum absolute atomic E-state index is 13.3. The molecule has 4 rings (SSSR count). The van der Waals surface area contributed by atoms with Gasteiger partial charge in [0.05, 0.1) is 16.3 Å². The molecule has 4 aromatic carbocycles. The number of aromatic carboxylic acids is 1. The molecular weight excluding hydrogens is 598 g/mol. The average molecular weight is 628 g/mol. The summed E-state index contributed by atoms with van der Waals surface area (Å²) in [6, 6.07) is 27.6. The van der Waals surface area contributed by atoms with Crippen molar-refractivity contribution >= 4 is 64.5 Å². The summed E-state index contributed by atoms with van der Waals surface area (Å²) >= 11 is 7.15. The number of carboxylic acids is 1. The number of amides is 3. The highest BCUT2D eigenvalue weighted by molar-refractivity contribution is 8.00. The second kappa shape index (κ2) is 15.0. The van der Waals surface area contributed by atoms with Crippen LogP contribution in [0.25, 0.3) is 6.08 Å². The SMILES string of the molecule is CC(C)c1ccc(/C=C(\NC(=O)c2ccccc2)C(=O)Nc2ccc(SCC(=O)Nc3ccc(Cl)c(C(=O)O)c3)cc2)cc1. The lowest BCUT2D eigenvalue weighted by Gasteiger charge is -2.12. The smallest absolute Gasteiger partial charge is 0.337 e. The molecule has 0 heterocycles. The van der Waals surface area contributed by atoms with E-state index in [9.17, 15) is 24.3 Å². The van der Waals surface area contributed by atoms with Gasteiger partial charge >= 0.3 is 5.97 Å². The molecule has 4 N–H and O–H groups in total. The summed E-state index contributed by atoms with van der Waals surface area (Å²) in [5.41, 5.74) is 3.15. The van der Waals surface area contributed by atoms with Crippen molar-refractivity contribution in [2.24, 2.45) is 0 Å². The van der Waals surface area contributed by atoms with Crippen LogP contribution in [0.4, 0.5) is 11.4 Å². The van der Waals surface area contributed by atoms with E-state index < -0.39 is 17.8 Å². The Hall–Kier alpha value is -4.86. The maximum atomic E-state index is 13.3. The van der Waals surface area contributed by atoms with Crippen LogP contribution >= 0.6 is 23.4 Å². The van der Waals surface area contributed by atoms with E-state index in [4.69, 9.17) is 11.6 Å². The van der Waals surface area contributed by atoms with E-state index in [1.54, 1.807) is 60.7 Å². The van der Waals surface area contributed by atoms with E-state index in [0.717, 1.165) is 16.0 Å². The fourth-order valence-electron chi connectivity index (χ4n) is 4.03. The molecule has 0 saturated carbocycles. The van der Waals surface area contributed by atoms with Crippen LogP contribution in [0.15, 0.2) is 108 Å². The van der Waals surface area contributed by atoms with Crippen LogP contribution in [-0.4, -0.2) is 34.6 Å². The number of halogens is 1. The number of hydrogen-bond donors (Lipinski definition) is 4. The molecule has 0 saturated heterocycles. The number of thioether (sulfide) groups is 1. The fourth-order valence-corrected chi connectivity index (χ4v) is 4.93. The molecule has 0 aromatic heterocycles. The Morgan fingerprint density at radius 1 is 0.841 bits per heavy atom. The van der Waals surface area contributed by atoms with Crippen LogP contribution < -0.4 is 16.0 Å². The quantitative estimate of drug-likeness (QED) is 0.102. The number of anilines is 2. The first kappa shape index (κ1) is 32.1. The topological polar surface area (TPSA) is 125 Å². The molecular formula is C34H30ClN3O5S. The molecule has 0 atom stereocenters. The minimum atomic E-state index is -1.19. The number of hydrogen-bond acceptors (Lipinski definition) is 5. The van der Waals surface area contributed by atoms with Crippen molar-refractivity contribution in [1.82, 2.24) is 5.32 Å². The number of rotatable bonds is 11. The molecule has 224 valence electrons. The average Bonchev–Trinajstić information content (AvgIpc) is 3.01. The third-order valence-corrected chi connectivity index (χ3v) is 7.75. The second-order valence-electron chi connectivity index (χ2n) is 10.0. The van der Waals surface area contributed by atoms with Gasteiger partial charge in [-0.25, -0.2) is 4.79 Å². The summed E-state index contributed by atoms with van der Waals surface area (Å²) in [6.45, 7) is 4.20. The highest BCUT2D eigenvalue weighted by atomic mass is 35.5. The first-order valence-electron chi connectivity index (χ1n) is 13.6. The van der Waals surface area contributed by atoms with Crippen LogP contribution in [0, 0.1) is 0 Å². The van der Waals surface area contributed by atoms with E-state index in [-0.39, 0.29) is 27.9 Å². The monoisotopic (exact) mass is 627 g/mol. The molecule has 0 aliphatic heterocycles. The molecule has 0 bridgehead atoms. The van der Waals surface area contributed by atoms with Gasteiger partial charge in [-0.1, -0.05) is 67.9 Å². The number of carbonyl (C=O) groups excluding carboxylic acids is 3. The second-order valence-corrected chi connectivity index (χ2v) is 11.5. The number of carboxylic acid groups (broad SMARTS) is 1. The minimum absolute atomic E-state index is 0.0741. The summed E-state index contributed by atoms with van der Waals surface area (Å²) in [7, 11) is 0. The lowest BCUT2D eigenvalue weighted by molar-refractivity contribution is -0.114. The lowest BCUT2D eigenvalue weighted by Crippen LogP contribution is -2.30. The first-order valence-corrected chi connectivity index (χ1v) is 15.0. The van der Waals surface area contributed by atoms with E-state index in [0.29, 0.717) is 22.9 Å². The van der Waals surface area contributed by atoms with E-state index in [1.165, 1.54) is 30.0 Å². The largest absolute Gasteiger partial charge is 0.478 e.